The lowest BCUT2D eigenvalue weighted by Gasteiger charge is -2.08. The number of hydrogen-bond donors (Lipinski definition) is 1. The number of hydrogen-bond acceptors (Lipinski definition) is 1. The van der Waals surface area contributed by atoms with E-state index in [0.29, 0.717) is 22.8 Å². The lowest BCUT2D eigenvalue weighted by atomic mass is 10.1. The Bertz CT molecular complexity index is 637. The third-order valence-electron chi connectivity index (χ3n) is 3.03. The number of H-pyrrole nitrogens is 1. The van der Waals surface area contributed by atoms with Crippen LogP contribution in [-0.4, -0.2) is 9.55 Å². The first-order chi connectivity index (χ1) is 8.79. The first-order valence-corrected chi connectivity index (χ1v) is 6.49. The average Bonchev–Trinajstić information content (AvgIpc) is 2.59. The van der Waals surface area contributed by atoms with Crippen molar-refractivity contribution < 1.29 is 13.2 Å². The summed E-state index contributed by atoms with van der Waals surface area (Å²) in [6.45, 7) is 4.91. The van der Waals surface area contributed by atoms with Crippen LogP contribution in [0.5, 0.6) is 0 Å². The second-order valence-electron chi connectivity index (χ2n) is 4.99. The largest absolute Gasteiger partial charge is 0.416 e. The highest BCUT2D eigenvalue weighted by Gasteiger charge is 2.30. The molecule has 0 fully saturated rings. The number of aryl methyl sites for hydroxylation is 1. The molecule has 2 rings (SSSR count). The van der Waals surface area contributed by atoms with E-state index >= 15 is 0 Å². The molecule has 0 bridgehead atoms. The molecule has 1 aromatic heterocycles. The molecule has 0 radical (unpaired) electrons. The molecule has 104 valence electrons. The summed E-state index contributed by atoms with van der Waals surface area (Å²) in [5.74, 6) is 0.515. The standard InChI is InChI=1S/C13H15F3N2S/c1-8(2)5-6-18-11-4-3-9(13(14,15)16)7-10(11)17-12(18)19/h3-4,7-8H,5-6H2,1-2H3,(H,17,19). The quantitative estimate of drug-likeness (QED) is 0.807. The van der Waals surface area contributed by atoms with Crippen molar-refractivity contribution in [2.24, 2.45) is 5.92 Å². The fourth-order valence-corrected chi connectivity index (χ4v) is 2.25. The Kier molecular flexibility index (Phi) is 3.71. The van der Waals surface area contributed by atoms with Crippen molar-refractivity contribution in [3.8, 4) is 0 Å². The molecule has 1 aromatic carbocycles. The molecular formula is C13H15F3N2S. The maximum atomic E-state index is 12.6. The van der Waals surface area contributed by atoms with Gasteiger partial charge in [-0.3, -0.25) is 0 Å². The Morgan fingerprint density at radius 1 is 1.32 bits per heavy atom. The molecule has 0 unspecified atom stereocenters. The molecule has 0 spiro atoms. The van der Waals surface area contributed by atoms with Crippen molar-refractivity contribution in [3.63, 3.8) is 0 Å². The predicted octanol–water partition coefficient (Wildman–Crippen LogP) is 4.76. The van der Waals surface area contributed by atoms with Crippen molar-refractivity contribution in [1.29, 1.82) is 0 Å². The third-order valence-corrected chi connectivity index (χ3v) is 3.35. The average molecular weight is 288 g/mol. The summed E-state index contributed by atoms with van der Waals surface area (Å²) in [4.78, 5) is 2.84. The van der Waals surface area contributed by atoms with E-state index in [2.05, 4.69) is 18.8 Å². The van der Waals surface area contributed by atoms with Crippen LogP contribution in [0, 0.1) is 10.7 Å². The van der Waals surface area contributed by atoms with E-state index in [0.717, 1.165) is 24.1 Å². The number of imidazole rings is 1. The molecule has 6 heteroatoms. The number of rotatable bonds is 3. The second-order valence-corrected chi connectivity index (χ2v) is 5.38. The van der Waals surface area contributed by atoms with E-state index in [9.17, 15) is 13.2 Å². The number of halogens is 3. The number of alkyl halides is 3. The topological polar surface area (TPSA) is 20.7 Å². The van der Waals surface area contributed by atoms with Gasteiger partial charge in [0.15, 0.2) is 4.77 Å². The maximum absolute atomic E-state index is 12.6. The number of nitrogens with zero attached hydrogens (tertiary/aromatic N) is 1. The molecule has 0 aliphatic heterocycles. The first kappa shape index (κ1) is 14.1. The number of aromatic amines is 1. The van der Waals surface area contributed by atoms with Gasteiger partial charge in [0.2, 0.25) is 0 Å². The van der Waals surface area contributed by atoms with Crippen LogP contribution in [0.4, 0.5) is 13.2 Å². The van der Waals surface area contributed by atoms with Crippen LogP contribution in [0.2, 0.25) is 0 Å². The number of nitrogens with one attached hydrogen (secondary N) is 1. The SMILES string of the molecule is CC(C)CCn1c(=S)[nH]c2cc(C(F)(F)F)ccc21. The van der Waals surface area contributed by atoms with Crippen molar-refractivity contribution in [2.75, 3.05) is 0 Å². The van der Waals surface area contributed by atoms with Crippen molar-refractivity contribution in [3.05, 3.63) is 28.5 Å². The highest BCUT2D eigenvalue weighted by molar-refractivity contribution is 7.71. The van der Waals surface area contributed by atoms with E-state index in [-0.39, 0.29) is 0 Å². The number of benzene rings is 1. The number of fused-ring (bicyclic) bond motifs is 1. The summed E-state index contributed by atoms with van der Waals surface area (Å²) in [5, 5.41) is 0. The fourth-order valence-electron chi connectivity index (χ4n) is 1.95. The van der Waals surface area contributed by atoms with Gasteiger partial charge < -0.3 is 9.55 Å². The zero-order valence-electron chi connectivity index (χ0n) is 10.7. The van der Waals surface area contributed by atoms with Gasteiger partial charge in [0.05, 0.1) is 16.6 Å². The Morgan fingerprint density at radius 2 is 2.00 bits per heavy atom. The fraction of sp³-hybridized carbons (Fsp3) is 0.462. The van der Waals surface area contributed by atoms with Crippen molar-refractivity contribution in [1.82, 2.24) is 9.55 Å². The smallest absolute Gasteiger partial charge is 0.331 e. The Balaban J connectivity index is 2.45. The third kappa shape index (κ3) is 3.00. The van der Waals surface area contributed by atoms with Gasteiger partial charge >= 0.3 is 6.18 Å². The molecule has 19 heavy (non-hydrogen) atoms. The van der Waals surface area contributed by atoms with Crippen LogP contribution in [0.1, 0.15) is 25.8 Å². The lowest BCUT2D eigenvalue weighted by molar-refractivity contribution is -0.137. The summed E-state index contributed by atoms with van der Waals surface area (Å²) in [6, 6.07) is 3.68. The van der Waals surface area contributed by atoms with Gasteiger partial charge in [0.25, 0.3) is 0 Å². The summed E-state index contributed by atoms with van der Waals surface area (Å²) in [6.07, 6.45) is -3.40. The van der Waals surface area contributed by atoms with E-state index in [1.165, 1.54) is 6.07 Å². The summed E-state index contributed by atoms with van der Waals surface area (Å²) in [5.41, 5.74) is 0.495. The van der Waals surface area contributed by atoms with Gasteiger partial charge in [0.1, 0.15) is 0 Å². The highest BCUT2D eigenvalue weighted by atomic mass is 32.1. The number of aromatic nitrogens is 2. The first-order valence-electron chi connectivity index (χ1n) is 6.09. The monoisotopic (exact) mass is 288 g/mol. The van der Waals surface area contributed by atoms with Crippen LogP contribution in [0.25, 0.3) is 11.0 Å². The minimum Gasteiger partial charge on any atom is -0.331 e. The van der Waals surface area contributed by atoms with Gasteiger partial charge in [0, 0.05) is 6.54 Å². The zero-order valence-corrected chi connectivity index (χ0v) is 11.5. The molecular weight excluding hydrogens is 273 g/mol. The van der Waals surface area contributed by atoms with Crippen molar-refractivity contribution in [2.45, 2.75) is 33.0 Å². The van der Waals surface area contributed by atoms with Crippen LogP contribution in [-0.2, 0) is 12.7 Å². The summed E-state index contributed by atoms with van der Waals surface area (Å²) >= 11 is 5.17. The van der Waals surface area contributed by atoms with Gasteiger partial charge in [-0.2, -0.15) is 13.2 Å². The van der Waals surface area contributed by atoms with Crippen LogP contribution in [0.15, 0.2) is 18.2 Å². The van der Waals surface area contributed by atoms with Crippen LogP contribution in [0.3, 0.4) is 0 Å². The Labute approximate surface area is 114 Å². The maximum Gasteiger partial charge on any atom is 0.416 e. The minimum absolute atomic E-state index is 0.434. The molecule has 1 heterocycles. The Hall–Kier alpha value is -1.30. The van der Waals surface area contributed by atoms with Crippen molar-refractivity contribution >= 4 is 23.3 Å². The van der Waals surface area contributed by atoms with Gasteiger partial charge in [-0.25, -0.2) is 0 Å². The van der Waals surface area contributed by atoms with E-state index in [1.54, 1.807) is 0 Å². The molecule has 2 nitrogen and oxygen atoms in total. The van der Waals surface area contributed by atoms with Crippen LogP contribution < -0.4 is 0 Å². The Morgan fingerprint density at radius 3 is 2.58 bits per heavy atom. The molecule has 2 aromatic rings. The zero-order chi connectivity index (χ0) is 14.2. The molecule has 0 aliphatic carbocycles. The predicted molar refractivity (Wildman–Crippen MR) is 71.6 cm³/mol. The summed E-state index contributed by atoms with van der Waals surface area (Å²) < 4.78 is 40.2. The minimum atomic E-state index is -4.33. The second kappa shape index (κ2) is 5.00. The molecule has 1 N–H and O–H groups in total. The van der Waals surface area contributed by atoms with Gasteiger partial charge in [-0.15, -0.1) is 0 Å². The highest BCUT2D eigenvalue weighted by Crippen LogP contribution is 2.31. The molecule has 0 saturated heterocycles. The normalized spacial score (nSPS) is 12.5. The lowest BCUT2D eigenvalue weighted by Crippen LogP contribution is -2.05. The molecule has 0 aliphatic rings. The van der Waals surface area contributed by atoms with Gasteiger partial charge in [-0.1, -0.05) is 13.8 Å². The molecule has 0 amide bonds. The van der Waals surface area contributed by atoms with E-state index in [4.69, 9.17) is 12.2 Å². The summed E-state index contributed by atoms with van der Waals surface area (Å²) in [7, 11) is 0. The van der Waals surface area contributed by atoms with E-state index < -0.39 is 11.7 Å². The van der Waals surface area contributed by atoms with E-state index in [1.807, 2.05) is 4.57 Å². The van der Waals surface area contributed by atoms with Gasteiger partial charge in [-0.05, 0) is 42.8 Å². The van der Waals surface area contributed by atoms with Crippen LogP contribution >= 0.6 is 12.2 Å². The molecule has 0 saturated carbocycles. The molecule has 0 atom stereocenters.